The van der Waals surface area contributed by atoms with Crippen LogP contribution in [-0.4, -0.2) is 38.3 Å². The van der Waals surface area contributed by atoms with Gasteiger partial charge in [0.2, 0.25) is 0 Å². The first-order valence-corrected chi connectivity index (χ1v) is 16.8. The molecule has 1 saturated heterocycles. The van der Waals surface area contributed by atoms with Crippen LogP contribution in [-0.2, 0) is 10.3 Å². The SMILES string of the molecule is COc1ccc(/C=C/c2nn(C3CCCCO3)c3ccc(-c4ncn(C(c5ccccc5)(c5ccccc5)c5ccccc5)n4)cc23)cc1. The van der Waals surface area contributed by atoms with Gasteiger partial charge in [0.25, 0.3) is 0 Å². The van der Waals surface area contributed by atoms with E-state index in [2.05, 4.69) is 103 Å². The summed E-state index contributed by atoms with van der Waals surface area (Å²) < 4.78 is 15.6. The Morgan fingerprint density at radius 2 is 1.39 bits per heavy atom. The van der Waals surface area contributed by atoms with Crippen molar-refractivity contribution in [1.29, 1.82) is 0 Å². The number of hydrogen-bond donors (Lipinski definition) is 0. The normalized spacial score (nSPS) is 15.2. The molecule has 2 aromatic heterocycles. The maximum Gasteiger partial charge on any atom is 0.181 e. The number of rotatable bonds is 9. The lowest BCUT2D eigenvalue weighted by molar-refractivity contribution is -0.0367. The third-order valence-electron chi connectivity index (χ3n) is 9.38. The van der Waals surface area contributed by atoms with E-state index in [1.165, 1.54) is 0 Å². The van der Waals surface area contributed by atoms with Crippen LogP contribution in [0.4, 0.5) is 0 Å². The van der Waals surface area contributed by atoms with Gasteiger partial charge in [0.15, 0.2) is 12.1 Å². The molecule has 0 amide bonds. The molecule has 0 N–H and O–H groups in total. The van der Waals surface area contributed by atoms with E-state index in [4.69, 9.17) is 24.7 Å². The fourth-order valence-electron chi connectivity index (χ4n) is 6.95. The average Bonchev–Trinajstić information content (AvgIpc) is 3.82. The molecule has 5 aromatic carbocycles. The van der Waals surface area contributed by atoms with Crippen molar-refractivity contribution in [3.05, 3.63) is 168 Å². The van der Waals surface area contributed by atoms with Gasteiger partial charge < -0.3 is 9.47 Å². The van der Waals surface area contributed by atoms with Crippen molar-refractivity contribution >= 4 is 23.1 Å². The molecule has 3 heterocycles. The number of hydrogen-bond acceptors (Lipinski definition) is 5. The molecule has 8 rings (SSSR count). The van der Waals surface area contributed by atoms with Gasteiger partial charge >= 0.3 is 0 Å². The van der Waals surface area contributed by atoms with Gasteiger partial charge in [0.1, 0.15) is 17.6 Å². The molecule has 242 valence electrons. The van der Waals surface area contributed by atoms with E-state index in [9.17, 15) is 0 Å². The summed E-state index contributed by atoms with van der Waals surface area (Å²) >= 11 is 0. The van der Waals surface area contributed by atoms with E-state index in [0.29, 0.717) is 5.82 Å². The molecular formula is C42H37N5O2. The Labute approximate surface area is 286 Å². The van der Waals surface area contributed by atoms with Gasteiger partial charge in [-0.2, -0.15) is 5.10 Å². The number of aromatic nitrogens is 5. The lowest BCUT2D eigenvalue weighted by Crippen LogP contribution is -2.38. The van der Waals surface area contributed by atoms with Crippen molar-refractivity contribution in [3.63, 3.8) is 0 Å². The lowest BCUT2D eigenvalue weighted by Gasteiger charge is -2.35. The summed E-state index contributed by atoms with van der Waals surface area (Å²) in [4.78, 5) is 4.94. The highest BCUT2D eigenvalue weighted by Crippen LogP contribution is 2.41. The summed E-state index contributed by atoms with van der Waals surface area (Å²) in [6, 6.07) is 46.0. The van der Waals surface area contributed by atoms with Crippen molar-refractivity contribution in [1.82, 2.24) is 24.5 Å². The second-order valence-corrected chi connectivity index (χ2v) is 12.3. The smallest absolute Gasteiger partial charge is 0.181 e. The predicted octanol–water partition coefficient (Wildman–Crippen LogP) is 9.01. The van der Waals surface area contributed by atoms with E-state index in [-0.39, 0.29) is 6.23 Å². The summed E-state index contributed by atoms with van der Waals surface area (Å²) in [5, 5.41) is 11.4. The first-order valence-electron chi connectivity index (χ1n) is 16.8. The van der Waals surface area contributed by atoms with E-state index in [1.54, 1.807) is 7.11 Å². The molecule has 1 atom stereocenters. The predicted molar refractivity (Wildman–Crippen MR) is 194 cm³/mol. The topological polar surface area (TPSA) is 67.0 Å². The van der Waals surface area contributed by atoms with Crippen LogP contribution in [0.3, 0.4) is 0 Å². The number of ether oxygens (including phenoxy) is 2. The van der Waals surface area contributed by atoms with Crippen molar-refractivity contribution in [2.45, 2.75) is 31.0 Å². The van der Waals surface area contributed by atoms with Gasteiger partial charge in [-0.1, -0.05) is 109 Å². The van der Waals surface area contributed by atoms with E-state index >= 15 is 0 Å². The van der Waals surface area contributed by atoms with Gasteiger partial charge in [0, 0.05) is 17.6 Å². The third kappa shape index (κ3) is 5.72. The minimum atomic E-state index is -0.741. The van der Waals surface area contributed by atoms with E-state index in [0.717, 1.165) is 76.0 Å². The fraction of sp³-hybridized carbons (Fsp3) is 0.167. The zero-order chi connectivity index (χ0) is 33.0. The van der Waals surface area contributed by atoms with E-state index in [1.807, 2.05) is 58.2 Å². The largest absolute Gasteiger partial charge is 0.497 e. The van der Waals surface area contributed by atoms with Crippen LogP contribution in [0.2, 0.25) is 0 Å². The Bertz CT molecular complexity index is 2090. The molecule has 1 aliphatic rings. The molecule has 49 heavy (non-hydrogen) atoms. The van der Waals surface area contributed by atoms with Crippen molar-refractivity contribution in [3.8, 4) is 17.1 Å². The van der Waals surface area contributed by atoms with Crippen LogP contribution in [0.1, 0.15) is 53.4 Å². The third-order valence-corrected chi connectivity index (χ3v) is 9.38. The van der Waals surface area contributed by atoms with Gasteiger partial charge in [-0.25, -0.2) is 14.3 Å². The van der Waals surface area contributed by atoms with Crippen LogP contribution < -0.4 is 4.74 Å². The molecule has 0 spiro atoms. The van der Waals surface area contributed by atoms with Crippen LogP contribution in [0, 0.1) is 0 Å². The molecule has 1 fully saturated rings. The standard InChI is InChI=1S/C42H37N5O2/c1-48-36-24-20-31(21-25-36)22-26-38-37-29-32(23-27-39(37)47(44-38)40-19-11-12-28-49-40)41-43-30-46(45-41)42(33-13-5-2-6-14-33,34-15-7-3-8-16-34)35-17-9-4-10-18-35/h2-10,13-18,20-27,29-30,40H,11-12,19,28H2,1H3/b26-22+. The van der Waals surface area contributed by atoms with Gasteiger partial charge in [0.05, 0.1) is 18.3 Å². The first kappa shape index (κ1) is 30.5. The molecule has 0 saturated carbocycles. The number of methoxy groups -OCH3 is 1. The highest BCUT2D eigenvalue weighted by molar-refractivity contribution is 5.92. The van der Waals surface area contributed by atoms with Gasteiger partial charge in [-0.3, -0.25) is 0 Å². The minimum absolute atomic E-state index is 0.0918. The number of nitrogens with zero attached hydrogens (tertiary/aromatic N) is 5. The molecule has 0 aliphatic carbocycles. The van der Waals surface area contributed by atoms with Crippen molar-refractivity contribution < 1.29 is 9.47 Å². The summed E-state index contributed by atoms with van der Waals surface area (Å²) in [5.41, 5.74) is 6.42. The molecule has 1 unspecified atom stereocenters. The van der Waals surface area contributed by atoms with Crippen LogP contribution >= 0.6 is 0 Å². The summed E-state index contributed by atoms with van der Waals surface area (Å²) in [6.45, 7) is 0.745. The fourth-order valence-corrected chi connectivity index (χ4v) is 6.95. The van der Waals surface area contributed by atoms with Gasteiger partial charge in [-0.15, -0.1) is 5.10 Å². The zero-order valence-corrected chi connectivity index (χ0v) is 27.4. The van der Waals surface area contributed by atoms with Crippen molar-refractivity contribution in [2.24, 2.45) is 0 Å². The highest BCUT2D eigenvalue weighted by Gasteiger charge is 2.39. The molecule has 0 bridgehead atoms. The monoisotopic (exact) mass is 643 g/mol. The lowest BCUT2D eigenvalue weighted by atomic mass is 9.77. The highest BCUT2D eigenvalue weighted by atomic mass is 16.5. The average molecular weight is 644 g/mol. The number of benzene rings is 5. The Morgan fingerprint density at radius 1 is 0.735 bits per heavy atom. The zero-order valence-electron chi connectivity index (χ0n) is 27.4. The minimum Gasteiger partial charge on any atom is -0.497 e. The van der Waals surface area contributed by atoms with Crippen LogP contribution in [0.25, 0.3) is 34.4 Å². The summed E-state index contributed by atoms with van der Waals surface area (Å²) in [6.07, 6.45) is 9.06. The van der Waals surface area contributed by atoms with Gasteiger partial charge in [-0.05, 0) is 77.9 Å². The molecule has 0 radical (unpaired) electrons. The van der Waals surface area contributed by atoms with Crippen LogP contribution in [0.5, 0.6) is 5.75 Å². The quantitative estimate of drug-likeness (QED) is 0.147. The Balaban J connectivity index is 1.26. The first-order chi connectivity index (χ1) is 24.2. The maximum atomic E-state index is 6.19. The second kappa shape index (κ2) is 13.4. The maximum absolute atomic E-state index is 6.19. The molecule has 7 nitrogen and oxygen atoms in total. The Morgan fingerprint density at radius 3 is 1.98 bits per heavy atom. The second-order valence-electron chi connectivity index (χ2n) is 12.3. The Kier molecular flexibility index (Phi) is 8.34. The van der Waals surface area contributed by atoms with Crippen molar-refractivity contribution in [2.75, 3.05) is 13.7 Å². The molecular weight excluding hydrogens is 606 g/mol. The molecule has 7 heteroatoms. The molecule has 7 aromatic rings. The number of fused-ring (bicyclic) bond motifs is 1. The van der Waals surface area contributed by atoms with Crippen LogP contribution in [0.15, 0.2) is 140 Å². The summed E-state index contributed by atoms with van der Waals surface area (Å²) in [5.74, 6) is 1.47. The summed E-state index contributed by atoms with van der Waals surface area (Å²) in [7, 11) is 1.68. The van der Waals surface area contributed by atoms with E-state index < -0.39 is 5.54 Å². The Hall–Kier alpha value is -5.79. The molecule has 1 aliphatic heterocycles.